The summed E-state index contributed by atoms with van der Waals surface area (Å²) >= 11 is 5.87. The molecule has 1 aromatic carbocycles. The van der Waals surface area contributed by atoms with Gasteiger partial charge in [-0.15, -0.1) is 0 Å². The first-order valence-corrected chi connectivity index (χ1v) is 6.11. The summed E-state index contributed by atoms with van der Waals surface area (Å²) in [5, 5.41) is 4.28. The van der Waals surface area contributed by atoms with Crippen LogP contribution in [0.5, 0.6) is 0 Å². The fraction of sp³-hybridized carbons (Fsp3) is 0.538. The van der Waals surface area contributed by atoms with E-state index in [-0.39, 0.29) is 0 Å². The highest BCUT2D eigenvalue weighted by Crippen LogP contribution is 2.20. The minimum atomic E-state index is 0.605. The molecule has 1 aromatic rings. The number of nitrogens with one attached hydrogen (secondary N) is 1. The lowest BCUT2D eigenvalue weighted by Crippen LogP contribution is -2.21. The molecule has 0 aliphatic heterocycles. The van der Waals surface area contributed by atoms with E-state index in [0.29, 0.717) is 5.92 Å². The monoisotopic (exact) mass is 225 g/mol. The molecule has 1 unspecified atom stereocenters. The van der Waals surface area contributed by atoms with Gasteiger partial charge in [0.25, 0.3) is 0 Å². The average molecular weight is 226 g/mol. The first-order valence-electron chi connectivity index (χ1n) is 5.74. The molecule has 0 saturated heterocycles. The number of hydrogen-bond donors (Lipinski definition) is 1. The molecule has 1 rings (SSSR count). The first kappa shape index (κ1) is 12.5. The van der Waals surface area contributed by atoms with Crippen LogP contribution in [0.3, 0.4) is 0 Å². The van der Waals surface area contributed by atoms with Crippen molar-refractivity contribution in [3.8, 4) is 0 Å². The van der Waals surface area contributed by atoms with Crippen molar-refractivity contribution in [3.63, 3.8) is 0 Å². The van der Waals surface area contributed by atoms with Crippen LogP contribution in [0.15, 0.2) is 24.3 Å². The van der Waals surface area contributed by atoms with Gasteiger partial charge in [0.15, 0.2) is 0 Å². The van der Waals surface area contributed by atoms with Gasteiger partial charge in [0.05, 0.1) is 0 Å². The lowest BCUT2D eigenvalue weighted by molar-refractivity contribution is 0.567. The quantitative estimate of drug-likeness (QED) is 0.726. The van der Waals surface area contributed by atoms with Crippen LogP contribution in [-0.4, -0.2) is 13.1 Å². The second-order valence-electron chi connectivity index (χ2n) is 3.86. The summed E-state index contributed by atoms with van der Waals surface area (Å²) in [7, 11) is 0. The molecule has 0 aliphatic carbocycles. The summed E-state index contributed by atoms with van der Waals surface area (Å²) in [4.78, 5) is 0. The smallest absolute Gasteiger partial charge is 0.0406 e. The van der Waals surface area contributed by atoms with Crippen molar-refractivity contribution in [1.29, 1.82) is 0 Å². The molecule has 1 atom stereocenters. The van der Waals surface area contributed by atoms with Gasteiger partial charge >= 0.3 is 0 Å². The Morgan fingerprint density at radius 2 is 1.87 bits per heavy atom. The molecular weight excluding hydrogens is 206 g/mol. The molecule has 0 aliphatic rings. The van der Waals surface area contributed by atoms with Crippen molar-refractivity contribution >= 4 is 11.6 Å². The van der Waals surface area contributed by atoms with E-state index in [1.807, 2.05) is 12.1 Å². The molecule has 0 saturated carbocycles. The SMILES string of the molecule is CCCNCC(CC)c1ccc(Cl)cc1. The van der Waals surface area contributed by atoms with Crippen molar-refractivity contribution < 1.29 is 0 Å². The van der Waals surface area contributed by atoms with Crippen LogP contribution in [0.4, 0.5) is 0 Å². The van der Waals surface area contributed by atoms with Gasteiger partial charge in [-0.3, -0.25) is 0 Å². The average Bonchev–Trinajstić information content (AvgIpc) is 2.26. The lowest BCUT2D eigenvalue weighted by Gasteiger charge is -2.16. The third kappa shape index (κ3) is 4.23. The molecule has 0 aromatic heterocycles. The van der Waals surface area contributed by atoms with Crippen LogP contribution in [0, 0.1) is 0 Å². The Morgan fingerprint density at radius 1 is 1.20 bits per heavy atom. The third-order valence-electron chi connectivity index (χ3n) is 2.65. The van der Waals surface area contributed by atoms with Gasteiger partial charge in [-0.1, -0.05) is 37.6 Å². The van der Waals surface area contributed by atoms with Crippen molar-refractivity contribution in [2.24, 2.45) is 0 Å². The molecule has 0 radical (unpaired) electrons. The Hall–Kier alpha value is -0.530. The van der Waals surface area contributed by atoms with E-state index in [0.717, 1.165) is 18.1 Å². The lowest BCUT2D eigenvalue weighted by atomic mass is 9.96. The van der Waals surface area contributed by atoms with Gasteiger partial charge in [0.1, 0.15) is 0 Å². The molecular formula is C13H20ClN. The number of hydrogen-bond acceptors (Lipinski definition) is 1. The molecule has 0 spiro atoms. The van der Waals surface area contributed by atoms with E-state index in [1.54, 1.807) is 0 Å². The number of halogens is 1. The highest BCUT2D eigenvalue weighted by atomic mass is 35.5. The Labute approximate surface area is 97.8 Å². The maximum absolute atomic E-state index is 5.87. The molecule has 2 heteroatoms. The van der Waals surface area contributed by atoms with E-state index in [4.69, 9.17) is 11.6 Å². The Balaban J connectivity index is 2.53. The molecule has 0 bridgehead atoms. The Bertz CT molecular complexity index is 268. The Kier molecular flexibility index (Phi) is 5.74. The summed E-state index contributed by atoms with van der Waals surface area (Å²) in [6.45, 7) is 6.58. The highest BCUT2D eigenvalue weighted by molar-refractivity contribution is 6.30. The Morgan fingerprint density at radius 3 is 2.40 bits per heavy atom. The largest absolute Gasteiger partial charge is 0.316 e. The van der Waals surface area contributed by atoms with Gasteiger partial charge in [0, 0.05) is 11.6 Å². The second-order valence-corrected chi connectivity index (χ2v) is 4.30. The van der Waals surface area contributed by atoms with E-state index < -0.39 is 0 Å². The molecule has 1 nitrogen and oxygen atoms in total. The van der Waals surface area contributed by atoms with Crippen LogP contribution < -0.4 is 5.32 Å². The van der Waals surface area contributed by atoms with Gasteiger partial charge in [-0.2, -0.15) is 0 Å². The van der Waals surface area contributed by atoms with Gasteiger partial charge in [-0.25, -0.2) is 0 Å². The molecule has 84 valence electrons. The number of benzene rings is 1. The predicted octanol–water partition coefficient (Wildman–Crippen LogP) is 3.83. The first-order chi connectivity index (χ1) is 7.27. The van der Waals surface area contributed by atoms with E-state index >= 15 is 0 Å². The van der Waals surface area contributed by atoms with Crippen LogP contribution in [0.1, 0.15) is 38.2 Å². The normalized spacial score (nSPS) is 12.7. The molecule has 0 fully saturated rings. The second kappa shape index (κ2) is 6.86. The summed E-state index contributed by atoms with van der Waals surface area (Å²) in [6.07, 6.45) is 2.36. The summed E-state index contributed by atoms with van der Waals surface area (Å²) in [6, 6.07) is 8.20. The maximum Gasteiger partial charge on any atom is 0.0406 e. The third-order valence-corrected chi connectivity index (χ3v) is 2.90. The molecule has 15 heavy (non-hydrogen) atoms. The van der Waals surface area contributed by atoms with Gasteiger partial charge < -0.3 is 5.32 Å². The molecule has 0 heterocycles. The van der Waals surface area contributed by atoms with E-state index in [1.165, 1.54) is 18.4 Å². The fourth-order valence-electron chi connectivity index (χ4n) is 1.69. The van der Waals surface area contributed by atoms with E-state index in [9.17, 15) is 0 Å². The highest BCUT2D eigenvalue weighted by Gasteiger charge is 2.07. The van der Waals surface area contributed by atoms with Gasteiger partial charge in [0.2, 0.25) is 0 Å². The standard InChI is InChI=1S/C13H20ClN/c1-3-9-15-10-11(4-2)12-5-7-13(14)8-6-12/h5-8,11,15H,3-4,9-10H2,1-2H3. The zero-order valence-corrected chi connectivity index (χ0v) is 10.3. The summed E-state index contributed by atoms with van der Waals surface area (Å²) < 4.78 is 0. The maximum atomic E-state index is 5.87. The minimum absolute atomic E-state index is 0.605. The predicted molar refractivity (Wildman–Crippen MR) is 67.6 cm³/mol. The topological polar surface area (TPSA) is 12.0 Å². The zero-order chi connectivity index (χ0) is 11.1. The summed E-state index contributed by atoms with van der Waals surface area (Å²) in [5.41, 5.74) is 1.38. The van der Waals surface area contributed by atoms with Crippen LogP contribution >= 0.6 is 11.6 Å². The van der Waals surface area contributed by atoms with Crippen molar-refractivity contribution in [2.75, 3.05) is 13.1 Å². The molecule has 0 amide bonds. The van der Waals surface area contributed by atoms with Crippen LogP contribution in [0.2, 0.25) is 5.02 Å². The minimum Gasteiger partial charge on any atom is -0.316 e. The number of rotatable bonds is 6. The van der Waals surface area contributed by atoms with E-state index in [2.05, 4.69) is 31.3 Å². The van der Waals surface area contributed by atoms with Crippen molar-refractivity contribution in [3.05, 3.63) is 34.9 Å². The van der Waals surface area contributed by atoms with Gasteiger partial charge in [-0.05, 0) is 43.0 Å². The van der Waals surface area contributed by atoms with Crippen LogP contribution in [-0.2, 0) is 0 Å². The van der Waals surface area contributed by atoms with Crippen LogP contribution in [0.25, 0.3) is 0 Å². The van der Waals surface area contributed by atoms with Crippen molar-refractivity contribution in [2.45, 2.75) is 32.6 Å². The van der Waals surface area contributed by atoms with Crippen molar-refractivity contribution in [1.82, 2.24) is 5.32 Å². The fourth-order valence-corrected chi connectivity index (χ4v) is 1.81. The zero-order valence-electron chi connectivity index (χ0n) is 9.59. The molecule has 1 N–H and O–H groups in total. The summed E-state index contributed by atoms with van der Waals surface area (Å²) in [5.74, 6) is 0.605.